The van der Waals surface area contributed by atoms with Gasteiger partial charge in [-0.25, -0.2) is 8.78 Å². The van der Waals surface area contributed by atoms with E-state index in [1.807, 2.05) is 24.3 Å². The van der Waals surface area contributed by atoms with Crippen LogP contribution in [0.2, 0.25) is 0 Å². The van der Waals surface area contributed by atoms with Crippen molar-refractivity contribution in [2.75, 3.05) is 18.1 Å². The van der Waals surface area contributed by atoms with Gasteiger partial charge in [-0.2, -0.15) is 5.26 Å². The molecule has 1 heterocycles. The van der Waals surface area contributed by atoms with E-state index in [-0.39, 0.29) is 11.3 Å². The molecule has 0 atom stereocenters. The third-order valence-corrected chi connectivity index (χ3v) is 3.48. The summed E-state index contributed by atoms with van der Waals surface area (Å²) in [5, 5.41) is 8.73. The molecule has 5 heteroatoms. The van der Waals surface area contributed by atoms with Gasteiger partial charge in [-0.3, -0.25) is 0 Å². The van der Waals surface area contributed by atoms with E-state index >= 15 is 0 Å². The highest BCUT2D eigenvalue weighted by atomic mass is 19.2. The zero-order chi connectivity index (χ0) is 14.8. The predicted molar refractivity (Wildman–Crippen MR) is 74.1 cm³/mol. The summed E-state index contributed by atoms with van der Waals surface area (Å²) in [5.74, 6) is -1.34. The Morgan fingerprint density at radius 2 is 1.90 bits per heavy atom. The van der Waals surface area contributed by atoms with Gasteiger partial charge in [0.25, 0.3) is 0 Å². The van der Waals surface area contributed by atoms with Crippen LogP contribution >= 0.6 is 0 Å². The zero-order valence-electron chi connectivity index (χ0n) is 11.1. The van der Waals surface area contributed by atoms with Gasteiger partial charge in [0.15, 0.2) is 11.6 Å². The molecule has 0 bridgehead atoms. The minimum atomic E-state index is -1.10. The number of nitrogens with zero attached hydrogens (tertiary/aromatic N) is 2. The summed E-state index contributed by atoms with van der Waals surface area (Å²) in [6, 6.07) is 11.9. The Morgan fingerprint density at radius 1 is 1.10 bits per heavy atom. The van der Waals surface area contributed by atoms with E-state index in [0.717, 1.165) is 11.3 Å². The van der Waals surface area contributed by atoms with E-state index in [9.17, 15) is 8.78 Å². The molecule has 106 valence electrons. The van der Waals surface area contributed by atoms with Crippen LogP contribution in [0.5, 0.6) is 5.75 Å². The minimum Gasteiger partial charge on any atom is -0.491 e. The van der Waals surface area contributed by atoms with Gasteiger partial charge in [-0.15, -0.1) is 0 Å². The summed E-state index contributed by atoms with van der Waals surface area (Å²) in [4.78, 5) is 1.71. The Balaban J connectivity index is 1.99. The molecule has 0 aliphatic carbocycles. The SMILES string of the molecule is N#Cc1ccc(N2CCOc3ccccc3C2)c(F)c1F. The molecule has 0 saturated carbocycles. The van der Waals surface area contributed by atoms with Gasteiger partial charge in [0.1, 0.15) is 18.4 Å². The lowest BCUT2D eigenvalue weighted by molar-refractivity contribution is 0.331. The second kappa shape index (κ2) is 5.41. The molecule has 21 heavy (non-hydrogen) atoms. The predicted octanol–water partition coefficient (Wildman–Crippen LogP) is 3.24. The largest absolute Gasteiger partial charge is 0.491 e. The highest BCUT2D eigenvalue weighted by Crippen LogP contribution is 2.29. The summed E-state index contributed by atoms with van der Waals surface area (Å²) < 4.78 is 33.5. The Morgan fingerprint density at radius 3 is 2.71 bits per heavy atom. The fraction of sp³-hybridized carbons (Fsp3) is 0.188. The first-order chi connectivity index (χ1) is 10.2. The van der Waals surface area contributed by atoms with Crippen molar-refractivity contribution in [2.45, 2.75) is 6.54 Å². The van der Waals surface area contributed by atoms with Crippen molar-refractivity contribution in [3.05, 3.63) is 59.2 Å². The van der Waals surface area contributed by atoms with Crippen LogP contribution in [0.3, 0.4) is 0 Å². The maximum atomic E-state index is 14.1. The van der Waals surface area contributed by atoms with Gasteiger partial charge in [-0.05, 0) is 18.2 Å². The fourth-order valence-corrected chi connectivity index (χ4v) is 2.40. The van der Waals surface area contributed by atoms with Gasteiger partial charge in [0, 0.05) is 12.1 Å². The third-order valence-electron chi connectivity index (χ3n) is 3.48. The normalized spacial score (nSPS) is 13.9. The van der Waals surface area contributed by atoms with Crippen molar-refractivity contribution in [3.8, 4) is 11.8 Å². The fourth-order valence-electron chi connectivity index (χ4n) is 2.40. The molecule has 0 saturated heterocycles. The number of nitriles is 1. The summed E-state index contributed by atoms with van der Waals surface area (Å²) >= 11 is 0. The number of rotatable bonds is 1. The molecule has 3 rings (SSSR count). The van der Waals surface area contributed by atoms with Crippen molar-refractivity contribution in [1.29, 1.82) is 5.26 Å². The molecule has 3 nitrogen and oxygen atoms in total. The van der Waals surface area contributed by atoms with Crippen molar-refractivity contribution >= 4 is 5.69 Å². The number of hydrogen-bond donors (Lipinski definition) is 0. The number of ether oxygens (including phenoxy) is 1. The summed E-state index contributed by atoms with van der Waals surface area (Å²) in [6.45, 7) is 1.26. The molecule has 0 amide bonds. The molecule has 1 aliphatic heterocycles. The Kier molecular flexibility index (Phi) is 3.44. The zero-order valence-corrected chi connectivity index (χ0v) is 11.1. The standard InChI is InChI=1S/C16H12F2N2O/c17-15-11(9-19)5-6-13(16(15)18)20-7-8-21-14-4-2-1-3-12(14)10-20/h1-6H,7-8,10H2. The second-order valence-electron chi connectivity index (χ2n) is 4.75. The summed E-state index contributed by atoms with van der Waals surface area (Å²) in [6.07, 6.45) is 0. The molecular formula is C16H12F2N2O. The Labute approximate surface area is 121 Å². The van der Waals surface area contributed by atoms with Crippen LogP contribution in [0.25, 0.3) is 0 Å². The highest BCUT2D eigenvalue weighted by Gasteiger charge is 2.21. The molecule has 0 aromatic heterocycles. The number of para-hydroxylation sites is 1. The van der Waals surface area contributed by atoms with Crippen LogP contribution in [0.4, 0.5) is 14.5 Å². The van der Waals surface area contributed by atoms with Crippen molar-refractivity contribution in [1.82, 2.24) is 0 Å². The van der Waals surface area contributed by atoms with E-state index in [0.29, 0.717) is 19.7 Å². The monoisotopic (exact) mass is 286 g/mol. The number of halogens is 2. The first-order valence-corrected chi connectivity index (χ1v) is 6.54. The number of hydrogen-bond acceptors (Lipinski definition) is 3. The average Bonchev–Trinajstić information content (AvgIpc) is 2.72. The molecule has 0 radical (unpaired) electrons. The number of benzene rings is 2. The number of fused-ring (bicyclic) bond motifs is 1. The van der Waals surface area contributed by atoms with Crippen LogP contribution in [0.1, 0.15) is 11.1 Å². The van der Waals surface area contributed by atoms with Crippen molar-refractivity contribution in [3.63, 3.8) is 0 Å². The molecule has 2 aromatic carbocycles. The summed E-state index contributed by atoms with van der Waals surface area (Å²) in [5.41, 5.74) is 0.772. The molecule has 0 fully saturated rings. The van der Waals surface area contributed by atoms with E-state index < -0.39 is 11.6 Å². The molecule has 0 unspecified atom stereocenters. The molecule has 0 spiro atoms. The lowest BCUT2D eigenvalue weighted by atomic mass is 10.1. The van der Waals surface area contributed by atoms with Crippen molar-refractivity contribution in [2.24, 2.45) is 0 Å². The van der Waals surface area contributed by atoms with E-state index in [1.54, 1.807) is 11.0 Å². The van der Waals surface area contributed by atoms with Crippen LogP contribution in [0, 0.1) is 23.0 Å². The van der Waals surface area contributed by atoms with E-state index in [2.05, 4.69) is 0 Å². The van der Waals surface area contributed by atoms with Gasteiger partial charge in [0.2, 0.25) is 0 Å². The molecular weight excluding hydrogens is 274 g/mol. The lowest BCUT2D eigenvalue weighted by Gasteiger charge is -2.23. The van der Waals surface area contributed by atoms with Gasteiger partial charge in [0.05, 0.1) is 17.8 Å². The first-order valence-electron chi connectivity index (χ1n) is 6.54. The number of anilines is 1. The van der Waals surface area contributed by atoms with E-state index in [1.165, 1.54) is 12.1 Å². The van der Waals surface area contributed by atoms with Crippen LogP contribution < -0.4 is 9.64 Å². The van der Waals surface area contributed by atoms with E-state index in [4.69, 9.17) is 10.00 Å². The molecule has 1 aliphatic rings. The van der Waals surface area contributed by atoms with Crippen molar-refractivity contribution < 1.29 is 13.5 Å². The minimum absolute atomic E-state index is 0.145. The van der Waals surface area contributed by atoms with Crippen LogP contribution in [-0.4, -0.2) is 13.2 Å². The third kappa shape index (κ3) is 2.40. The quantitative estimate of drug-likeness (QED) is 0.807. The molecule has 0 N–H and O–H groups in total. The lowest BCUT2D eigenvalue weighted by Crippen LogP contribution is -2.26. The highest BCUT2D eigenvalue weighted by molar-refractivity contribution is 5.53. The average molecular weight is 286 g/mol. The van der Waals surface area contributed by atoms with Gasteiger partial charge < -0.3 is 9.64 Å². The maximum absolute atomic E-state index is 14.1. The van der Waals surface area contributed by atoms with Gasteiger partial charge >= 0.3 is 0 Å². The maximum Gasteiger partial charge on any atom is 0.183 e. The first kappa shape index (κ1) is 13.4. The van der Waals surface area contributed by atoms with Crippen LogP contribution in [-0.2, 0) is 6.54 Å². The molecule has 2 aromatic rings. The van der Waals surface area contributed by atoms with Crippen LogP contribution in [0.15, 0.2) is 36.4 Å². The van der Waals surface area contributed by atoms with Gasteiger partial charge in [-0.1, -0.05) is 18.2 Å². The smallest absolute Gasteiger partial charge is 0.183 e. The second-order valence-corrected chi connectivity index (χ2v) is 4.75. The Bertz CT molecular complexity index is 725. The summed E-state index contributed by atoms with van der Waals surface area (Å²) in [7, 11) is 0. The Hall–Kier alpha value is -2.61. The topological polar surface area (TPSA) is 36.3 Å².